The topological polar surface area (TPSA) is 42.7 Å². The molecule has 0 fully saturated rings. The van der Waals surface area contributed by atoms with Crippen molar-refractivity contribution < 1.29 is 0 Å². The first-order valence-corrected chi connectivity index (χ1v) is 6.71. The van der Waals surface area contributed by atoms with Crippen molar-refractivity contribution in [2.24, 2.45) is 0 Å². The van der Waals surface area contributed by atoms with E-state index in [2.05, 4.69) is 33.9 Å². The van der Waals surface area contributed by atoms with Crippen LogP contribution in [-0.2, 0) is 13.0 Å². The molecule has 2 aromatic rings. The minimum Gasteiger partial charge on any atom is -0.313 e. The molecule has 0 bridgehead atoms. The van der Waals surface area contributed by atoms with Crippen LogP contribution in [0.25, 0.3) is 0 Å². The van der Waals surface area contributed by atoms with Crippen molar-refractivity contribution in [3.63, 3.8) is 0 Å². The fourth-order valence-corrected chi connectivity index (χ4v) is 2.46. The van der Waals surface area contributed by atoms with Gasteiger partial charge in [0.25, 0.3) is 0 Å². The lowest BCUT2D eigenvalue weighted by Gasteiger charge is -2.12. The molecule has 2 aromatic heterocycles. The molecule has 1 unspecified atom stereocenters. The Balaban J connectivity index is 2.10. The van der Waals surface area contributed by atoms with Crippen molar-refractivity contribution in [3.8, 4) is 0 Å². The highest BCUT2D eigenvalue weighted by Crippen LogP contribution is 2.19. The summed E-state index contributed by atoms with van der Waals surface area (Å²) in [5.41, 5.74) is 2.37. The summed E-state index contributed by atoms with van der Waals surface area (Å²) in [5.74, 6) is 0. The van der Waals surface area contributed by atoms with Gasteiger partial charge in [-0.3, -0.25) is 4.68 Å². The highest BCUT2D eigenvalue weighted by atomic mass is 32.1. The molecule has 0 saturated heterocycles. The van der Waals surface area contributed by atoms with Gasteiger partial charge in [-0.15, -0.1) is 11.3 Å². The van der Waals surface area contributed by atoms with Gasteiger partial charge in [0.05, 0.1) is 16.9 Å². The fraction of sp³-hybridized carbons (Fsp3) is 0.500. The Bertz CT molecular complexity index is 474. The zero-order valence-electron chi connectivity index (χ0n) is 10.5. The molecule has 17 heavy (non-hydrogen) atoms. The Labute approximate surface area is 106 Å². The van der Waals surface area contributed by atoms with Crippen LogP contribution < -0.4 is 5.32 Å². The standard InChI is InChI=1S/C12H18N4S/c1-4-16-7-10(6-14-16)12(13-3)5-11-8-17-9(2)15-11/h6-8,12-13H,4-5H2,1-3H3. The van der Waals surface area contributed by atoms with Crippen LogP contribution in [0, 0.1) is 6.92 Å². The third-order valence-electron chi connectivity index (χ3n) is 2.81. The van der Waals surface area contributed by atoms with Crippen LogP contribution in [0.2, 0.25) is 0 Å². The lowest BCUT2D eigenvalue weighted by atomic mass is 10.1. The van der Waals surface area contributed by atoms with Crippen molar-refractivity contribution in [1.82, 2.24) is 20.1 Å². The number of nitrogens with one attached hydrogen (secondary N) is 1. The lowest BCUT2D eigenvalue weighted by Crippen LogP contribution is -2.18. The van der Waals surface area contributed by atoms with Crippen molar-refractivity contribution in [2.45, 2.75) is 32.9 Å². The molecule has 1 atom stereocenters. The smallest absolute Gasteiger partial charge is 0.0897 e. The van der Waals surface area contributed by atoms with Gasteiger partial charge in [0.1, 0.15) is 0 Å². The highest BCUT2D eigenvalue weighted by Gasteiger charge is 2.13. The van der Waals surface area contributed by atoms with Gasteiger partial charge in [0, 0.05) is 36.1 Å². The van der Waals surface area contributed by atoms with Crippen LogP contribution in [0.4, 0.5) is 0 Å². The molecule has 0 radical (unpaired) electrons. The van der Waals surface area contributed by atoms with E-state index >= 15 is 0 Å². The van der Waals surface area contributed by atoms with Crippen LogP contribution in [0.5, 0.6) is 0 Å². The van der Waals surface area contributed by atoms with Gasteiger partial charge in [-0.05, 0) is 20.9 Å². The Hall–Kier alpha value is -1.20. The Kier molecular flexibility index (Phi) is 3.91. The van der Waals surface area contributed by atoms with Crippen LogP contribution >= 0.6 is 11.3 Å². The minimum atomic E-state index is 0.289. The predicted molar refractivity (Wildman–Crippen MR) is 70.3 cm³/mol. The summed E-state index contributed by atoms with van der Waals surface area (Å²) in [6, 6.07) is 0.289. The molecule has 2 rings (SSSR count). The molecule has 4 nitrogen and oxygen atoms in total. The second-order valence-corrected chi connectivity index (χ2v) is 5.09. The van der Waals surface area contributed by atoms with Gasteiger partial charge in [-0.25, -0.2) is 4.98 Å². The number of thiazole rings is 1. The molecule has 0 amide bonds. The van der Waals surface area contributed by atoms with E-state index in [1.54, 1.807) is 11.3 Å². The monoisotopic (exact) mass is 250 g/mol. The molecule has 0 aliphatic heterocycles. The molecular formula is C12H18N4S. The zero-order chi connectivity index (χ0) is 12.3. The van der Waals surface area contributed by atoms with Crippen molar-refractivity contribution >= 4 is 11.3 Å². The fourth-order valence-electron chi connectivity index (χ4n) is 1.83. The molecule has 0 aromatic carbocycles. The second kappa shape index (κ2) is 5.42. The number of aromatic nitrogens is 3. The van der Waals surface area contributed by atoms with E-state index in [0.717, 1.165) is 23.7 Å². The van der Waals surface area contributed by atoms with Gasteiger partial charge in [0.15, 0.2) is 0 Å². The summed E-state index contributed by atoms with van der Waals surface area (Å²) in [4.78, 5) is 4.50. The van der Waals surface area contributed by atoms with Gasteiger partial charge in [-0.1, -0.05) is 0 Å². The predicted octanol–water partition coefficient (Wildman–Crippen LogP) is 2.17. The van der Waals surface area contributed by atoms with E-state index < -0.39 is 0 Å². The van der Waals surface area contributed by atoms with E-state index in [4.69, 9.17) is 0 Å². The Morgan fingerprint density at radius 3 is 2.88 bits per heavy atom. The van der Waals surface area contributed by atoms with Gasteiger partial charge in [0.2, 0.25) is 0 Å². The third-order valence-corrected chi connectivity index (χ3v) is 3.63. The maximum atomic E-state index is 4.50. The lowest BCUT2D eigenvalue weighted by molar-refractivity contribution is 0.583. The molecule has 2 heterocycles. The largest absolute Gasteiger partial charge is 0.313 e. The maximum absolute atomic E-state index is 4.50. The van der Waals surface area contributed by atoms with Gasteiger partial charge >= 0.3 is 0 Å². The summed E-state index contributed by atoms with van der Waals surface area (Å²) in [7, 11) is 1.98. The normalized spacial score (nSPS) is 12.9. The van der Waals surface area contributed by atoms with E-state index in [1.165, 1.54) is 5.56 Å². The molecule has 0 spiro atoms. The second-order valence-electron chi connectivity index (χ2n) is 4.03. The molecule has 1 N–H and O–H groups in total. The first kappa shape index (κ1) is 12.3. The average Bonchev–Trinajstić information content (AvgIpc) is 2.94. The first-order chi connectivity index (χ1) is 8.22. The van der Waals surface area contributed by atoms with Crippen LogP contribution in [-0.4, -0.2) is 21.8 Å². The van der Waals surface area contributed by atoms with Gasteiger partial charge in [-0.2, -0.15) is 5.10 Å². The summed E-state index contributed by atoms with van der Waals surface area (Å²) >= 11 is 1.70. The van der Waals surface area contributed by atoms with Crippen LogP contribution in [0.3, 0.4) is 0 Å². The van der Waals surface area contributed by atoms with E-state index in [0.29, 0.717) is 0 Å². The SMILES string of the molecule is CCn1cc(C(Cc2csc(C)n2)NC)cn1. The van der Waals surface area contributed by atoms with E-state index in [9.17, 15) is 0 Å². The molecule has 92 valence electrons. The number of hydrogen-bond donors (Lipinski definition) is 1. The number of rotatable bonds is 5. The number of aryl methyl sites for hydroxylation is 2. The van der Waals surface area contributed by atoms with Crippen LogP contribution in [0.15, 0.2) is 17.8 Å². The van der Waals surface area contributed by atoms with Crippen molar-refractivity contribution in [3.05, 3.63) is 34.0 Å². The molecule has 0 aliphatic carbocycles. The molecule has 0 aliphatic rings. The third kappa shape index (κ3) is 2.92. The summed E-state index contributed by atoms with van der Waals surface area (Å²) in [6.45, 7) is 5.04. The van der Waals surface area contributed by atoms with Crippen molar-refractivity contribution in [2.75, 3.05) is 7.05 Å². The molecule has 5 heteroatoms. The van der Waals surface area contributed by atoms with E-state index in [-0.39, 0.29) is 6.04 Å². The number of nitrogens with zero attached hydrogens (tertiary/aromatic N) is 3. The number of likely N-dealkylation sites (N-methyl/N-ethyl adjacent to an activating group) is 1. The molecular weight excluding hydrogens is 232 g/mol. The Morgan fingerprint density at radius 1 is 1.53 bits per heavy atom. The summed E-state index contributed by atoms with van der Waals surface area (Å²) in [6.07, 6.45) is 4.94. The molecule has 0 saturated carbocycles. The van der Waals surface area contributed by atoms with Gasteiger partial charge < -0.3 is 5.32 Å². The van der Waals surface area contributed by atoms with Crippen molar-refractivity contribution in [1.29, 1.82) is 0 Å². The average molecular weight is 250 g/mol. The zero-order valence-corrected chi connectivity index (χ0v) is 11.3. The van der Waals surface area contributed by atoms with E-state index in [1.807, 2.05) is 24.9 Å². The minimum absolute atomic E-state index is 0.289. The Morgan fingerprint density at radius 2 is 2.35 bits per heavy atom. The first-order valence-electron chi connectivity index (χ1n) is 5.83. The maximum Gasteiger partial charge on any atom is 0.0897 e. The highest BCUT2D eigenvalue weighted by molar-refractivity contribution is 7.09. The summed E-state index contributed by atoms with van der Waals surface area (Å²) in [5, 5.41) is 10.9. The summed E-state index contributed by atoms with van der Waals surface area (Å²) < 4.78 is 1.95. The quantitative estimate of drug-likeness (QED) is 0.884. The van der Waals surface area contributed by atoms with Crippen LogP contribution in [0.1, 0.15) is 29.2 Å². The number of hydrogen-bond acceptors (Lipinski definition) is 4.